The van der Waals surface area contributed by atoms with Crippen LogP contribution in [0.5, 0.6) is 5.75 Å². The van der Waals surface area contributed by atoms with E-state index in [9.17, 15) is 4.79 Å². The van der Waals surface area contributed by atoms with Crippen molar-refractivity contribution in [2.75, 3.05) is 20.2 Å². The fraction of sp³-hybridized carbons (Fsp3) is 0.182. The molecular formula is C33H33NO2. The average Bonchev–Trinajstić information content (AvgIpc) is 2.94. The molecule has 0 atom stereocenters. The van der Waals surface area contributed by atoms with Gasteiger partial charge in [-0.3, -0.25) is 4.79 Å². The van der Waals surface area contributed by atoms with E-state index in [2.05, 4.69) is 72.8 Å². The van der Waals surface area contributed by atoms with E-state index in [0.717, 1.165) is 23.3 Å². The van der Waals surface area contributed by atoms with Crippen molar-refractivity contribution in [1.29, 1.82) is 0 Å². The molecule has 36 heavy (non-hydrogen) atoms. The summed E-state index contributed by atoms with van der Waals surface area (Å²) in [5.74, 6) is 1.14. The molecule has 0 bridgehead atoms. The maximum absolute atomic E-state index is 13.5. The highest BCUT2D eigenvalue weighted by molar-refractivity contribution is 5.79. The number of rotatable bonds is 11. The summed E-state index contributed by atoms with van der Waals surface area (Å²) < 4.78 is 5.26. The molecule has 0 aliphatic carbocycles. The number of methoxy groups -OCH3 is 1. The van der Waals surface area contributed by atoms with Gasteiger partial charge in [-0.15, -0.1) is 0 Å². The largest absolute Gasteiger partial charge is 0.497 e. The van der Waals surface area contributed by atoms with E-state index in [0.29, 0.717) is 19.5 Å². The summed E-state index contributed by atoms with van der Waals surface area (Å²) >= 11 is 0. The number of hydrogen-bond acceptors (Lipinski definition) is 2. The topological polar surface area (TPSA) is 29.5 Å². The van der Waals surface area contributed by atoms with Crippen LogP contribution in [0.3, 0.4) is 0 Å². The van der Waals surface area contributed by atoms with Crippen LogP contribution in [0.2, 0.25) is 0 Å². The average molecular weight is 476 g/mol. The standard InChI is InChI=1S/C33H33NO2/c1-36-31-21-19-28(20-22-31)26-33(35)34(24-11-14-27-12-5-2-6-13-27)25-23-32(29-15-7-3-8-16-29)30-17-9-4-10-18-30/h2-22,32H,23-26H2,1H3/b14-11-. The molecule has 0 N–H and O–H groups in total. The van der Waals surface area contributed by atoms with Gasteiger partial charge in [0, 0.05) is 19.0 Å². The zero-order valence-electron chi connectivity index (χ0n) is 20.8. The fourth-order valence-corrected chi connectivity index (χ4v) is 4.41. The van der Waals surface area contributed by atoms with E-state index in [-0.39, 0.29) is 11.8 Å². The summed E-state index contributed by atoms with van der Waals surface area (Å²) in [5.41, 5.74) is 4.66. The molecule has 4 aromatic rings. The zero-order valence-corrected chi connectivity index (χ0v) is 20.8. The molecule has 0 saturated carbocycles. The van der Waals surface area contributed by atoms with Crippen LogP contribution in [0.25, 0.3) is 6.08 Å². The third-order valence-corrected chi connectivity index (χ3v) is 6.39. The zero-order chi connectivity index (χ0) is 25.0. The van der Waals surface area contributed by atoms with Gasteiger partial charge in [-0.1, -0.05) is 115 Å². The summed E-state index contributed by atoms with van der Waals surface area (Å²) in [6.07, 6.45) is 5.38. The summed E-state index contributed by atoms with van der Waals surface area (Å²) in [5, 5.41) is 0. The van der Waals surface area contributed by atoms with Gasteiger partial charge in [-0.05, 0) is 40.8 Å². The highest BCUT2D eigenvalue weighted by Crippen LogP contribution is 2.28. The smallest absolute Gasteiger partial charge is 0.227 e. The van der Waals surface area contributed by atoms with Gasteiger partial charge in [0.15, 0.2) is 0 Å². The molecule has 4 aromatic carbocycles. The van der Waals surface area contributed by atoms with Crippen molar-refractivity contribution in [3.05, 3.63) is 144 Å². The normalized spacial score (nSPS) is 11.1. The Bertz CT molecular complexity index is 1180. The molecule has 0 heterocycles. The first-order chi connectivity index (χ1) is 17.7. The van der Waals surface area contributed by atoms with E-state index in [1.807, 2.05) is 59.5 Å². The molecule has 3 heteroatoms. The first-order valence-electron chi connectivity index (χ1n) is 12.4. The maximum atomic E-state index is 13.5. The number of nitrogens with zero attached hydrogens (tertiary/aromatic N) is 1. The second kappa shape index (κ2) is 13.1. The van der Waals surface area contributed by atoms with Crippen molar-refractivity contribution in [2.45, 2.75) is 18.8 Å². The van der Waals surface area contributed by atoms with Crippen LogP contribution in [0.1, 0.15) is 34.6 Å². The van der Waals surface area contributed by atoms with Gasteiger partial charge >= 0.3 is 0 Å². The number of carbonyl (C=O) groups is 1. The van der Waals surface area contributed by atoms with Crippen LogP contribution >= 0.6 is 0 Å². The lowest BCUT2D eigenvalue weighted by Gasteiger charge is -2.25. The molecule has 0 radical (unpaired) electrons. The molecule has 182 valence electrons. The van der Waals surface area contributed by atoms with Crippen LogP contribution in [0, 0.1) is 0 Å². The number of benzene rings is 4. The van der Waals surface area contributed by atoms with E-state index < -0.39 is 0 Å². The monoisotopic (exact) mass is 475 g/mol. The fourth-order valence-electron chi connectivity index (χ4n) is 4.41. The van der Waals surface area contributed by atoms with Crippen molar-refractivity contribution in [1.82, 2.24) is 4.90 Å². The molecule has 3 nitrogen and oxygen atoms in total. The summed E-state index contributed by atoms with van der Waals surface area (Å²) in [6.45, 7) is 1.24. The Hall–Kier alpha value is -4.11. The second-order valence-electron chi connectivity index (χ2n) is 8.84. The number of amides is 1. The maximum Gasteiger partial charge on any atom is 0.227 e. The van der Waals surface area contributed by atoms with Crippen molar-refractivity contribution < 1.29 is 9.53 Å². The van der Waals surface area contributed by atoms with Gasteiger partial charge in [0.1, 0.15) is 5.75 Å². The van der Waals surface area contributed by atoms with Crippen LogP contribution in [-0.4, -0.2) is 31.0 Å². The van der Waals surface area contributed by atoms with Crippen molar-refractivity contribution in [2.24, 2.45) is 0 Å². The minimum atomic E-state index is 0.123. The van der Waals surface area contributed by atoms with Gasteiger partial charge in [-0.2, -0.15) is 0 Å². The van der Waals surface area contributed by atoms with E-state index >= 15 is 0 Å². The van der Waals surface area contributed by atoms with Gasteiger partial charge in [0.05, 0.1) is 13.5 Å². The van der Waals surface area contributed by atoms with Crippen LogP contribution in [0.4, 0.5) is 0 Å². The lowest BCUT2D eigenvalue weighted by Crippen LogP contribution is -2.34. The van der Waals surface area contributed by atoms with Gasteiger partial charge in [-0.25, -0.2) is 0 Å². The van der Waals surface area contributed by atoms with Crippen LogP contribution < -0.4 is 4.74 Å². The third-order valence-electron chi connectivity index (χ3n) is 6.39. The molecule has 0 unspecified atom stereocenters. The van der Waals surface area contributed by atoms with Crippen molar-refractivity contribution in [3.63, 3.8) is 0 Å². The Kier molecular flexibility index (Phi) is 9.10. The van der Waals surface area contributed by atoms with Gasteiger partial charge in [0.2, 0.25) is 5.91 Å². The molecule has 4 rings (SSSR count). The van der Waals surface area contributed by atoms with Gasteiger partial charge in [0.25, 0.3) is 0 Å². The Morgan fingerprint density at radius 1 is 0.778 bits per heavy atom. The SMILES string of the molecule is COc1ccc(CC(=O)N(C/C=C\c2ccccc2)CCC(c2ccccc2)c2ccccc2)cc1. The van der Waals surface area contributed by atoms with Crippen molar-refractivity contribution in [3.8, 4) is 5.75 Å². The van der Waals surface area contributed by atoms with Crippen molar-refractivity contribution >= 4 is 12.0 Å². The minimum absolute atomic E-state index is 0.123. The number of hydrogen-bond donors (Lipinski definition) is 0. The Labute approximate surface area is 214 Å². The van der Waals surface area contributed by atoms with E-state index in [1.165, 1.54) is 11.1 Å². The Morgan fingerprint density at radius 3 is 1.89 bits per heavy atom. The molecule has 0 aromatic heterocycles. The van der Waals surface area contributed by atoms with E-state index in [1.54, 1.807) is 7.11 Å². The highest BCUT2D eigenvalue weighted by atomic mass is 16.5. The molecule has 0 saturated heterocycles. The molecule has 1 amide bonds. The predicted octanol–water partition coefficient (Wildman–Crippen LogP) is 7.00. The Balaban J connectivity index is 1.52. The highest BCUT2D eigenvalue weighted by Gasteiger charge is 2.19. The lowest BCUT2D eigenvalue weighted by atomic mass is 9.88. The van der Waals surface area contributed by atoms with Gasteiger partial charge < -0.3 is 9.64 Å². The predicted molar refractivity (Wildman–Crippen MR) is 148 cm³/mol. The summed E-state index contributed by atoms with van der Waals surface area (Å²) in [6, 6.07) is 39.1. The summed E-state index contributed by atoms with van der Waals surface area (Å²) in [7, 11) is 1.65. The molecule has 0 spiro atoms. The molecule has 0 aliphatic heterocycles. The minimum Gasteiger partial charge on any atom is -0.497 e. The first-order valence-corrected chi connectivity index (χ1v) is 12.4. The van der Waals surface area contributed by atoms with E-state index in [4.69, 9.17) is 4.74 Å². The Morgan fingerprint density at radius 2 is 1.33 bits per heavy atom. The first kappa shape index (κ1) is 25.0. The number of ether oxygens (including phenoxy) is 1. The third kappa shape index (κ3) is 7.19. The molecule has 0 aliphatic rings. The molecular weight excluding hydrogens is 442 g/mol. The lowest BCUT2D eigenvalue weighted by molar-refractivity contribution is -0.130. The number of carbonyl (C=O) groups excluding carboxylic acids is 1. The van der Waals surface area contributed by atoms with Crippen LogP contribution in [-0.2, 0) is 11.2 Å². The summed E-state index contributed by atoms with van der Waals surface area (Å²) in [4.78, 5) is 15.4. The second-order valence-corrected chi connectivity index (χ2v) is 8.84. The van der Waals surface area contributed by atoms with Crippen LogP contribution in [0.15, 0.2) is 121 Å². The molecule has 0 fully saturated rings. The quantitative estimate of drug-likeness (QED) is 0.234.